The number of anilines is 1. The third-order valence-electron chi connectivity index (χ3n) is 4.18. The molecule has 0 aromatic heterocycles. The summed E-state index contributed by atoms with van der Waals surface area (Å²) >= 11 is 1.62. The largest absolute Gasteiger partial charge is 0.444 e. The predicted molar refractivity (Wildman–Crippen MR) is 107 cm³/mol. The van der Waals surface area contributed by atoms with Crippen molar-refractivity contribution in [3.63, 3.8) is 0 Å². The highest BCUT2D eigenvalue weighted by Gasteiger charge is 2.26. The molecule has 3 rings (SSSR count). The minimum atomic E-state index is -0.480. The number of para-hydroxylation sites is 1. The first kappa shape index (κ1) is 19.5. The van der Waals surface area contributed by atoms with Crippen molar-refractivity contribution in [2.45, 2.75) is 36.2 Å². The fourth-order valence-electron chi connectivity index (χ4n) is 2.89. The number of carbonyl (C=O) groups excluding carboxylic acids is 1. The molecule has 27 heavy (non-hydrogen) atoms. The Morgan fingerprint density at radius 1 is 1.00 bits per heavy atom. The number of benzene rings is 2. The summed E-state index contributed by atoms with van der Waals surface area (Å²) in [6.07, 6.45) is -0.254. The van der Waals surface area contributed by atoms with Crippen LogP contribution >= 0.6 is 11.8 Å². The van der Waals surface area contributed by atoms with E-state index in [1.807, 2.05) is 32.9 Å². The first-order chi connectivity index (χ1) is 12.8. The molecule has 6 heteroatoms. The van der Waals surface area contributed by atoms with Crippen LogP contribution < -0.4 is 4.90 Å². The number of piperazine rings is 1. The summed E-state index contributed by atoms with van der Waals surface area (Å²) in [5.74, 6) is -0.231. The summed E-state index contributed by atoms with van der Waals surface area (Å²) in [4.78, 5) is 18.4. The number of nitrogens with zero attached hydrogens (tertiary/aromatic N) is 2. The Bertz CT molecular complexity index is 782. The van der Waals surface area contributed by atoms with Crippen LogP contribution in [0.4, 0.5) is 14.9 Å². The lowest BCUT2D eigenvalue weighted by molar-refractivity contribution is 0.0240. The monoisotopic (exact) mass is 388 g/mol. The van der Waals surface area contributed by atoms with Gasteiger partial charge in [0.25, 0.3) is 0 Å². The lowest BCUT2D eigenvalue weighted by Crippen LogP contribution is -2.50. The number of ether oxygens (including phenoxy) is 1. The third kappa shape index (κ3) is 5.39. The molecular formula is C21H25FN2O2S. The summed E-state index contributed by atoms with van der Waals surface area (Å²) < 4.78 is 18.6. The molecule has 0 saturated carbocycles. The molecule has 1 heterocycles. The summed E-state index contributed by atoms with van der Waals surface area (Å²) in [5, 5.41) is 0. The van der Waals surface area contributed by atoms with Gasteiger partial charge in [-0.3, -0.25) is 0 Å². The SMILES string of the molecule is CC(C)(C)OC(=O)N1CCN(c2ccccc2Sc2ccc(F)cc2)CC1. The summed E-state index contributed by atoms with van der Waals surface area (Å²) in [6, 6.07) is 14.7. The highest BCUT2D eigenvalue weighted by Crippen LogP contribution is 2.35. The van der Waals surface area contributed by atoms with Crippen molar-refractivity contribution in [2.75, 3.05) is 31.1 Å². The molecule has 0 radical (unpaired) electrons. The number of amides is 1. The van der Waals surface area contributed by atoms with Gasteiger partial charge in [-0.15, -0.1) is 0 Å². The molecule has 0 atom stereocenters. The van der Waals surface area contributed by atoms with Gasteiger partial charge in [0.2, 0.25) is 0 Å². The molecule has 0 spiro atoms. The minimum absolute atomic E-state index is 0.231. The Labute approximate surface area is 164 Å². The highest BCUT2D eigenvalue weighted by molar-refractivity contribution is 7.99. The van der Waals surface area contributed by atoms with Gasteiger partial charge in [-0.1, -0.05) is 23.9 Å². The average molecular weight is 389 g/mol. The maximum absolute atomic E-state index is 13.1. The Kier molecular flexibility index (Phi) is 5.95. The van der Waals surface area contributed by atoms with Gasteiger partial charge in [-0.2, -0.15) is 0 Å². The number of halogens is 1. The second-order valence-electron chi connectivity index (χ2n) is 7.48. The molecule has 2 aromatic carbocycles. The van der Waals surface area contributed by atoms with E-state index in [0.717, 1.165) is 28.6 Å². The van der Waals surface area contributed by atoms with E-state index in [0.29, 0.717) is 13.1 Å². The van der Waals surface area contributed by atoms with Gasteiger partial charge in [0.05, 0.1) is 5.69 Å². The zero-order chi connectivity index (χ0) is 19.4. The van der Waals surface area contributed by atoms with Crippen LogP contribution in [0.25, 0.3) is 0 Å². The summed E-state index contributed by atoms with van der Waals surface area (Å²) in [6.45, 7) is 8.40. The van der Waals surface area contributed by atoms with Gasteiger partial charge in [-0.05, 0) is 57.2 Å². The van der Waals surface area contributed by atoms with E-state index in [9.17, 15) is 9.18 Å². The predicted octanol–water partition coefficient (Wildman–Crippen LogP) is 5.03. The maximum atomic E-state index is 13.1. The molecule has 0 unspecified atom stereocenters. The molecule has 1 fully saturated rings. The van der Waals surface area contributed by atoms with Crippen molar-refractivity contribution >= 4 is 23.5 Å². The molecule has 4 nitrogen and oxygen atoms in total. The van der Waals surface area contributed by atoms with Crippen LogP contribution in [-0.4, -0.2) is 42.8 Å². The smallest absolute Gasteiger partial charge is 0.410 e. The molecule has 1 saturated heterocycles. The lowest BCUT2D eigenvalue weighted by atomic mass is 10.2. The zero-order valence-electron chi connectivity index (χ0n) is 15.9. The van der Waals surface area contributed by atoms with E-state index < -0.39 is 5.60 Å². The van der Waals surface area contributed by atoms with Crippen LogP contribution in [0.2, 0.25) is 0 Å². The van der Waals surface area contributed by atoms with E-state index in [1.54, 1.807) is 28.8 Å². The lowest BCUT2D eigenvalue weighted by Gasteiger charge is -2.37. The fraction of sp³-hybridized carbons (Fsp3) is 0.381. The second kappa shape index (κ2) is 8.21. The molecule has 1 aliphatic heterocycles. The van der Waals surface area contributed by atoms with Crippen LogP contribution in [0.5, 0.6) is 0 Å². The van der Waals surface area contributed by atoms with Crippen molar-refractivity contribution in [1.29, 1.82) is 0 Å². The quantitative estimate of drug-likeness (QED) is 0.738. The molecule has 0 aliphatic carbocycles. The van der Waals surface area contributed by atoms with Crippen molar-refractivity contribution in [1.82, 2.24) is 4.90 Å². The molecule has 2 aromatic rings. The molecular weight excluding hydrogens is 363 g/mol. The van der Waals surface area contributed by atoms with Crippen molar-refractivity contribution < 1.29 is 13.9 Å². The number of hydrogen-bond donors (Lipinski definition) is 0. The van der Waals surface area contributed by atoms with E-state index in [4.69, 9.17) is 4.74 Å². The molecule has 144 valence electrons. The van der Waals surface area contributed by atoms with Crippen LogP contribution in [0, 0.1) is 5.82 Å². The first-order valence-electron chi connectivity index (χ1n) is 9.07. The normalized spacial score (nSPS) is 15.0. The van der Waals surface area contributed by atoms with Gasteiger partial charge in [0.15, 0.2) is 0 Å². The first-order valence-corrected chi connectivity index (χ1v) is 9.89. The van der Waals surface area contributed by atoms with Gasteiger partial charge in [0, 0.05) is 36.0 Å². The van der Waals surface area contributed by atoms with Crippen molar-refractivity contribution in [3.05, 3.63) is 54.3 Å². The van der Waals surface area contributed by atoms with Crippen molar-refractivity contribution in [2.24, 2.45) is 0 Å². The van der Waals surface area contributed by atoms with E-state index in [-0.39, 0.29) is 11.9 Å². The Balaban J connectivity index is 1.66. The van der Waals surface area contributed by atoms with Crippen LogP contribution in [0.15, 0.2) is 58.3 Å². The number of carbonyl (C=O) groups is 1. The topological polar surface area (TPSA) is 32.8 Å². The van der Waals surface area contributed by atoms with E-state index >= 15 is 0 Å². The molecule has 0 bridgehead atoms. The van der Waals surface area contributed by atoms with Gasteiger partial charge in [-0.25, -0.2) is 9.18 Å². The average Bonchev–Trinajstić information content (AvgIpc) is 2.63. The summed E-state index contributed by atoms with van der Waals surface area (Å²) in [5.41, 5.74) is 0.655. The standard InChI is InChI=1S/C21H25FN2O2S/c1-21(2,3)26-20(25)24-14-12-23(13-15-24)18-6-4-5-7-19(18)27-17-10-8-16(22)9-11-17/h4-11H,12-15H2,1-3H3. The van der Waals surface area contributed by atoms with Crippen LogP contribution in [-0.2, 0) is 4.74 Å². The van der Waals surface area contributed by atoms with Gasteiger partial charge in [0.1, 0.15) is 11.4 Å². The maximum Gasteiger partial charge on any atom is 0.410 e. The Hall–Kier alpha value is -2.21. The second-order valence-corrected chi connectivity index (χ2v) is 8.59. The van der Waals surface area contributed by atoms with E-state index in [2.05, 4.69) is 17.0 Å². The van der Waals surface area contributed by atoms with Crippen LogP contribution in [0.3, 0.4) is 0 Å². The van der Waals surface area contributed by atoms with Gasteiger partial charge < -0.3 is 14.5 Å². The molecule has 1 aliphatic rings. The van der Waals surface area contributed by atoms with Crippen LogP contribution in [0.1, 0.15) is 20.8 Å². The number of hydrogen-bond acceptors (Lipinski definition) is 4. The molecule has 1 amide bonds. The Morgan fingerprint density at radius 2 is 1.63 bits per heavy atom. The molecule has 0 N–H and O–H groups in total. The van der Waals surface area contributed by atoms with E-state index in [1.165, 1.54) is 12.1 Å². The van der Waals surface area contributed by atoms with Gasteiger partial charge >= 0.3 is 6.09 Å². The summed E-state index contributed by atoms with van der Waals surface area (Å²) in [7, 11) is 0. The zero-order valence-corrected chi connectivity index (χ0v) is 16.8. The highest BCUT2D eigenvalue weighted by atomic mass is 32.2. The van der Waals surface area contributed by atoms with Crippen molar-refractivity contribution in [3.8, 4) is 0 Å². The minimum Gasteiger partial charge on any atom is -0.444 e. The Morgan fingerprint density at radius 3 is 2.26 bits per heavy atom. The third-order valence-corrected chi connectivity index (χ3v) is 5.25. The number of rotatable bonds is 3. The fourth-order valence-corrected chi connectivity index (χ4v) is 3.87.